The number of carbonyl (C=O) groups is 1. The summed E-state index contributed by atoms with van der Waals surface area (Å²) in [5.41, 5.74) is 2.96. The highest BCUT2D eigenvalue weighted by Crippen LogP contribution is 2.16. The number of ketones is 1. The first-order chi connectivity index (χ1) is 8.65. The Morgan fingerprint density at radius 1 is 1.39 bits per heavy atom. The normalized spacial score (nSPS) is 11.0. The van der Waals surface area contributed by atoms with Crippen molar-refractivity contribution in [1.82, 2.24) is 10.3 Å². The van der Waals surface area contributed by atoms with Gasteiger partial charge in [-0.15, -0.1) is 0 Å². The van der Waals surface area contributed by atoms with Crippen molar-refractivity contribution >= 4 is 16.9 Å². The van der Waals surface area contributed by atoms with E-state index in [4.69, 9.17) is 4.42 Å². The highest BCUT2D eigenvalue weighted by molar-refractivity contribution is 5.75. The molecule has 0 aliphatic rings. The molecule has 1 aromatic heterocycles. The lowest BCUT2D eigenvalue weighted by Gasteiger charge is -2.03. The maximum atomic E-state index is 10.8. The topological polar surface area (TPSA) is 55.1 Å². The van der Waals surface area contributed by atoms with Crippen molar-refractivity contribution in [3.05, 3.63) is 29.7 Å². The Labute approximate surface area is 106 Å². The molecule has 2 rings (SSSR count). The molecule has 0 spiro atoms. The molecule has 0 aliphatic heterocycles. The summed E-state index contributed by atoms with van der Waals surface area (Å²) in [7, 11) is 0. The number of hydrogen-bond donors (Lipinski definition) is 1. The lowest BCUT2D eigenvalue weighted by atomic mass is 10.1. The van der Waals surface area contributed by atoms with Crippen LogP contribution in [0.5, 0.6) is 0 Å². The van der Waals surface area contributed by atoms with Crippen LogP contribution >= 0.6 is 0 Å². The summed E-state index contributed by atoms with van der Waals surface area (Å²) >= 11 is 0. The third-order valence-corrected chi connectivity index (χ3v) is 2.80. The van der Waals surface area contributed by atoms with Gasteiger partial charge in [-0.05, 0) is 37.6 Å². The largest absolute Gasteiger partial charge is 0.441 e. The van der Waals surface area contributed by atoms with E-state index in [9.17, 15) is 4.79 Å². The number of carbonyl (C=O) groups excluding carboxylic acids is 1. The van der Waals surface area contributed by atoms with Crippen molar-refractivity contribution in [2.24, 2.45) is 0 Å². The van der Waals surface area contributed by atoms with E-state index in [0.717, 1.165) is 30.6 Å². The number of aromatic nitrogens is 1. The Hall–Kier alpha value is -1.68. The molecule has 1 aromatic carbocycles. The second-order valence-electron chi connectivity index (χ2n) is 4.49. The van der Waals surface area contributed by atoms with Gasteiger partial charge in [-0.2, -0.15) is 0 Å². The van der Waals surface area contributed by atoms with Crippen molar-refractivity contribution < 1.29 is 9.21 Å². The van der Waals surface area contributed by atoms with E-state index in [1.165, 1.54) is 5.56 Å². The van der Waals surface area contributed by atoms with Gasteiger partial charge >= 0.3 is 0 Å². The summed E-state index contributed by atoms with van der Waals surface area (Å²) in [5.74, 6) is 0.919. The number of Topliss-reactive ketones (excluding diaryl/α,β-unsaturated/α-hetero) is 1. The molecule has 18 heavy (non-hydrogen) atoms. The monoisotopic (exact) mass is 246 g/mol. The van der Waals surface area contributed by atoms with Crippen molar-refractivity contribution in [2.75, 3.05) is 13.1 Å². The molecule has 0 radical (unpaired) electrons. The number of aryl methyl sites for hydroxylation is 1. The maximum absolute atomic E-state index is 10.8. The SMILES string of the molecule is CC(=O)CCNCCc1ccc2nc(C)oc2c1. The number of rotatable bonds is 6. The minimum Gasteiger partial charge on any atom is -0.441 e. The van der Waals surface area contributed by atoms with E-state index < -0.39 is 0 Å². The van der Waals surface area contributed by atoms with E-state index >= 15 is 0 Å². The number of oxazole rings is 1. The summed E-state index contributed by atoms with van der Waals surface area (Å²) in [5, 5.41) is 3.25. The van der Waals surface area contributed by atoms with Crippen LogP contribution in [0.2, 0.25) is 0 Å². The Kier molecular flexibility index (Phi) is 4.10. The van der Waals surface area contributed by atoms with Crippen LogP contribution in [0.1, 0.15) is 24.8 Å². The number of nitrogens with one attached hydrogen (secondary N) is 1. The predicted molar refractivity (Wildman–Crippen MR) is 70.6 cm³/mol. The number of nitrogens with zero attached hydrogens (tertiary/aromatic N) is 1. The molecule has 96 valence electrons. The zero-order valence-corrected chi connectivity index (χ0v) is 10.8. The Morgan fingerprint density at radius 3 is 3.00 bits per heavy atom. The van der Waals surface area contributed by atoms with Gasteiger partial charge in [0.15, 0.2) is 11.5 Å². The van der Waals surface area contributed by atoms with Crippen LogP contribution in [0.4, 0.5) is 0 Å². The van der Waals surface area contributed by atoms with Gasteiger partial charge in [0.05, 0.1) is 0 Å². The van der Waals surface area contributed by atoms with Gasteiger partial charge in [-0.1, -0.05) is 6.07 Å². The lowest BCUT2D eigenvalue weighted by Crippen LogP contribution is -2.20. The van der Waals surface area contributed by atoms with Gasteiger partial charge < -0.3 is 9.73 Å². The van der Waals surface area contributed by atoms with Crippen molar-refractivity contribution in [1.29, 1.82) is 0 Å². The molecule has 0 aliphatic carbocycles. The molecule has 2 aromatic rings. The summed E-state index contributed by atoms with van der Waals surface area (Å²) in [4.78, 5) is 15.0. The number of benzene rings is 1. The Balaban J connectivity index is 1.86. The molecule has 0 atom stereocenters. The van der Waals surface area contributed by atoms with Crippen LogP contribution < -0.4 is 5.32 Å². The minimum absolute atomic E-state index is 0.223. The average molecular weight is 246 g/mol. The van der Waals surface area contributed by atoms with Gasteiger partial charge in [0.2, 0.25) is 0 Å². The van der Waals surface area contributed by atoms with E-state index in [1.54, 1.807) is 6.92 Å². The molecule has 0 unspecified atom stereocenters. The lowest BCUT2D eigenvalue weighted by molar-refractivity contribution is -0.116. The standard InChI is InChI=1S/C14H18N2O2/c1-10(17)5-7-15-8-6-12-3-4-13-14(9-12)18-11(2)16-13/h3-4,9,15H,5-8H2,1-2H3. The molecule has 0 saturated carbocycles. The highest BCUT2D eigenvalue weighted by atomic mass is 16.3. The molecular formula is C14H18N2O2. The quantitative estimate of drug-likeness (QED) is 0.794. The van der Waals surface area contributed by atoms with Crippen LogP contribution in [0, 0.1) is 6.92 Å². The molecule has 0 fully saturated rings. The van der Waals surface area contributed by atoms with Crippen LogP contribution in [0.3, 0.4) is 0 Å². The fourth-order valence-corrected chi connectivity index (χ4v) is 1.86. The van der Waals surface area contributed by atoms with E-state index in [0.29, 0.717) is 12.3 Å². The highest BCUT2D eigenvalue weighted by Gasteiger charge is 2.03. The Bertz CT molecular complexity index is 546. The molecule has 0 amide bonds. The van der Waals surface area contributed by atoms with Crippen LogP contribution in [0.25, 0.3) is 11.1 Å². The van der Waals surface area contributed by atoms with Gasteiger partial charge in [0.25, 0.3) is 0 Å². The summed E-state index contributed by atoms with van der Waals surface area (Å²) in [6.45, 7) is 5.08. The summed E-state index contributed by atoms with van der Waals surface area (Å²) in [6.07, 6.45) is 1.52. The Morgan fingerprint density at radius 2 is 2.22 bits per heavy atom. The number of fused-ring (bicyclic) bond motifs is 1. The first kappa shape index (κ1) is 12.8. The summed E-state index contributed by atoms with van der Waals surface area (Å²) in [6, 6.07) is 6.08. The van der Waals surface area contributed by atoms with Gasteiger partial charge in [-0.25, -0.2) is 4.98 Å². The van der Waals surface area contributed by atoms with E-state index in [2.05, 4.69) is 16.4 Å². The molecule has 0 saturated heterocycles. The third-order valence-electron chi connectivity index (χ3n) is 2.80. The average Bonchev–Trinajstić information content (AvgIpc) is 2.67. The molecule has 0 bridgehead atoms. The zero-order valence-electron chi connectivity index (χ0n) is 10.8. The fraction of sp³-hybridized carbons (Fsp3) is 0.429. The van der Waals surface area contributed by atoms with Crippen LogP contribution in [0.15, 0.2) is 22.6 Å². The fourth-order valence-electron chi connectivity index (χ4n) is 1.86. The zero-order chi connectivity index (χ0) is 13.0. The maximum Gasteiger partial charge on any atom is 0.192 e. The molecule has 1 N–H and O–H groups in total. The van der Waals surface area contributed by atoms with Crippen molar-refractivity contribution in [2.45, 2.75) is 26.7 Å². The first-order valence-corrected chi connectivity index (χ1v) is 6.21. The molecular weight excluding hydrogens is 228 g/mol. The molecule has 1 heterocycles. The number of hydrogen-bond acceptors (Lipinski definition) is 4. The smallest absolute Gasteiger partial charge is 0.192 e. The molecule has 4 nitrogen and oxygen atoms in total. The second kappa shape index (κ2) is 5.78. The third kappa shape index (κ3) is 3.40. The van der Waals surface area contributed by atoms with E-state index in [-0.39, 0.29) is 5.78 Å². The van der Waals surface area contributed by atoms with Crippen LogP contribution in [-0.2, 0) is 11.2 Å². The van der Waals surface area contributed by atoms with Crippen LogP contribution in [-0.4, -0.2) is 23.9 Å². The van der Waals surface area contributed by atoms with Crippen molar-refractivity contribution in [3.63, 3.8) is 0 Å². The summed E-state index contributed by atoms with van der Waals surface area (Å²) < 4.78 is 5.49. The van der Waals surface area contributed by atoms with Gasteiger partial charge in [0.1, 0.15) is 11.3 Å². The van der Waals surface area contributed by atoms with E-state index in [1.807, 2.05) is 19.1 Å². The van der Waals surface area contributed by atoms with Crippen molar-refractivity contribution in [3.8, 4) is 0 Å². The predicted octanol–water partition coefficient (Wildman–Crippen LogP) is 2.25. The molecule has 4 heteroatoms. The first-order valence-electron chi connectivity index (χ1n) is 6.21. The second-order valence-corrected chi connectivity index (χ2v) is 4.49. The minimum atomic E-state index is 0.223. The van der Waals surface area contributed by atoms with Gasteiger partial charge in [0, 0.05) is 19.9 Å². The van der Waals surface area contributed by atoms with Gasteiger partial charge in [-0.3, -0.25) is 4.79 Å².